The van der Waals surface area contributed by atoms with Gasteiger partial charge in [-0.3, -0.25) is 0 Å². The lowest BCUT2D eigenvalue weighted by Gasteiger charge is -2.15. The molecule has 0 saturated carbocycles. The number of halogens is 1. The van der Waals surface area contributed by atoms with Gasteiger partial charge in [0.1, 0.15) is 0 Å². The van der Waals surface area contributed by atoms with Gasteiger partial charge in [-0.25, -0.2) is 0 Å². The molecular formula is C11H12ClNO2. The van der Waals surface area contributed by atoms with Gasteiger partial charge in [-0.2, -0.15) is 0 Å². The van der Waals surface area contributed by atoms with Crippen LogP contribution >= 0.6 is 11.6 Å². The van der Waals surface area contributed by atoms with Crippen LogP contribution in [0.2, 0.25) is 5.02 Å². The molecule has 1 N–H and O–H groups in total. The van der Waals surface area contributed by atoms with Gasteiger partial charge in [-0.1, -0.05) is 11.6 Å². The second kappa shape index (κ2) is 3.58. The predicted molar refractivity (Wildman–Crippen MR) is 57.5 cm³/mol. The first-order chi connectivity index (χ1) is 7.33. The van der Waals surface area contributed by atoms with E-state index in [9.17, 15) is 0 Å². The molecule has 1 fully saturated rings. The second-order valence-corrected chi connectivity index (χ2v) is 4.38. The molecular weight excluding hydrogens is 214 g/mol. The molecule has 0 spiro atoms. The maximum Gasteiger partial charge on any atom is 0.245 e. The summed E-state index contributed by atoms with van der Waals surface area (Å²) < 4.78 is 11.4. The number of fused-ring (bicyclic) bond motifs is 1. The zero-order valence-electron chi connectivity index (χ0n) is 8.20. The van der Waals surface area contributed by atoms with E-state index in [0.29, 0.717) is 10.9 Å². The Labute approximate surface area is 93.3 Å². The van der Waals surface area contributed by atoms with E-state index in [4.69, 9.17) is 21.1 Å². The van der Waals surface area contributed by atoms with E-state index in [1.165, 1.54) is 0 Å². The molecule has 80 valence electrons. The Hall–Kier alpha value is -0.930. The average molecular weight is 226 g/mol. The molecule has 1 saturated heterocycles. The van der Waals surface area contributed by atoms with Gasteiger partial charge in [0, 0.05) is 23.6 Å². The van der Waals surface area contributed by atoms with Crippen LogP contribution in [0.4, 0.5) is 0 Å². The second-order valence-electron chi connectivity index (χ2n) is 3.95. The van der Waals surface area contributed by atoms with Crippen molar-refractivity contribution in [2.45, 2.75) is 12.7 Å². The number of nitrogens with one attached hydrogen (secondary N) is 1. The van der Waals surface area contributed by atoms with Crippen LogP contribution in [0, 0.1) is 5.92 Å². The molecule has 2 atom stereocenters. The van der Waals surface area contributed by atoms with Crippen molar-refractivity contribution in [2.75, 3.05) is 13.1 Å². The Morgan fingerprint density at radius 1 is 1.27 bits per heavy atom. The largest absolute Gasteiger partial charge is 0.451 e. The zero-order chi connectivity index (χ0) is 10.3. The van der Waals surface area contributed by atoms with Crippen molar-refractivity contribution in [1.29, 1.82) is 0 Å². The van der Waals surface area contributed by atoms with Crippen LogP contribution in [-0.4, -0.2) is 19.4 Å². The van der Waals surface area contributed by atoms with Crippen LogP contribution < -0.4 is 14.8 Å². The summed E-state index contributed by atoms with van der Waals surface area (Å²) in [5, 5.41) is 3.98. The topological polar surface area (TPSA) is 30.5 Å². The number of hydrogen-bond donors (Lipinski definition) is 1. The van der Waals surface area contributed by atoms with Crippen molar-refractivity contribution in [1.82, 2.24) is 5.32 Å². The molecule has 2 aliphatic rings. The van der Waals surface area contributed by atoms with Gasteiger partial charge >= 0.3 is 0 Å². The van der Waals surface area contributed by atoms with Gasteiger partial charge in [0.15, 0.2) is 11.5 Å². The molecule has 2 unspecified atom stereocenters. The highest BCUT2D eigenvalue weighted by molar-refractivity contribution is 6.30. The molecule has 0 amide bonds. The van der Waals surface area contributed by atoms with Crippen molar-refractivity contribution < 1.29 is 9.47 Å². The molecule has 0 aliphatic carbocycles. The lowest BCUT2D eigenvalue weighted by atomic mass is 10.1. The van der Waals surface area contributed by atoms with Gasteiger partial charge < -0.3 is 14.8 Å². The maximum atomic E-state index is 5.88. The van der Waals surface area contributed by atoms with E-state index in [0.717, 1.165) is 31.0 Å². The van der Waals surface area contributed by atoms with Gasteiger partial charge in [-0.05, 0) is 25.1 Å². The first-order valence-electron chi connectivity index (χ1n) is 5.16. The first kappa shape index (κ1) is 9.31. The highest BCUT2D eigenvalue weighted by atomic mass is 35.5. The van der Waals surface area contributed by atoms with E-state index in [-0.39, 0.29) is 6.29 Å². The molecule has 0 radical (unpaired) electrons. The van der Waals surface area contributed by atoms with Crippen LogP contribution in [0.25, 0.3) is 0 Å². The summed E-state index contributed by atoms with van der Waals surface area (Å²) >= 11 is 5.88. The summed E-state index contributed by atoms with van der Waals surface area (Å²) in [5.41, 5.74) is 0. The fourth-order valence-corrected chi connectivity index (χ4v) is 2.21. The minimum absolute atomic E-state index is 0.145. The van der Waals surface area contributed by atoms with Crippen LogP contribution in [0.15, 0.2) is 18.2 Å². The van der Waals surface area contributed by atoms with E-state index in [1.54, 1.807) is 6.07 Å². The van der Waals surface area contributed by atoms with Crippen LogP contribution in [0.1, 0.15) is 6.42 Å². The molecule has 1 aromatic rings. The summed E-state index contributed by atoms with van der Waals surface area (Å²) in [4.78, 5) is 0. The van der Waals surface area contributed by atoms with E-state index in [2.05, 4.69) is 5.32 Å². The van der Waals surface area contributed by atoms with Crippen molar-refractivity contribution in [3.8, 4) is 11.5 Å². The van der Waals surface area contributed by atoms with Gasteiger partial charge in [0.05, 0.1) is 0 Å². The Balaban J connectivity index is 1.79. The van der Waals surface area contributed by atoms with Gasteiger partial charge in [-0.15, -0.1) is 0 Å². The summed E-state index contributed by atoms with van der Waals surface area (Å²) in [6.07, 6.45) is 0.959. The molecule has 2 aliphatic heterocycles. The first-order valence-corrected chi connectivity index (χ1v) is 5.54. The van der Waals surface area contributed by atoms with E-state index in [1.807, 2.05) is 12.1 Å². The molecule has 3 rings (SSSR count). The Morgan fingerprint density at radius 2 is 2.13 bits per heavy atom. The SMILES string of the molecule is Clc1ccc2c(c1)OC(C1CCNC1)O2. The summed E-state index contributed by atoms with van der Waals surface area (Å²) in [5.74, 6) is 2.01. The smallest absolute Gasteiger partial charge is 0.245 e. The zero-order valence-corrected chi connectivity index (χ0v) is 8.96. The van der Waals surface area contributed by atoms with Crippen molar-refractivity contribution in [2.24, 2.45) is 5.92 Å². The quantitative estimate of drug-likeness (QED) is 0.794. The molecule has 15 heavy (non-hydrogen) atoms. The highest BCUT2D eigenvalue weighted by Crippen LogP contribution is 2.39. The van der Waals surface area contributed by atoms with Crippen molar-refractivity contribution >= 4 is 11.6 Å². The molecule has 0 bridgehead atoms. The minimum Gasteiger partial charge on any atom is -0.451 e. The fourth-order valence-electron chi connectivity index (χ4n) is 2.05. The predicted octanol–water partition coefficient (Wildman–Crippen LogP) is 2.05. The lowest BCUT2D eigenvalue weighted by Crippen LogP contribution is -2.30. The van der Waals surface area contributed by atoms with Gasteiger partial charge in [0.25, 0.3) is 0 Å². The third-order valence-corrected chi connectivity index (χ3v) is 3.11. The molecule has 0 aromatic heterocycles. The monoisotopic (exact) mass is 225 g/mol. The molecule has 1 aromatic carbocycles. The summed E-state index contributed by atoms with van der Waals surface area (Å²) in [6, 6.07) is 5.48. The minimum atomic E-state index is -0.145. The Bertz CT molecular complexity index is 377. The molecule has 2 heterocycles. The standard InChI is InChI=1S/C11H12ClNO2/c12-8-1-2-9-10(5-8)15-11(14-9)7-3-4-13-6-7/h1-2,5,7,11,13H,3-4,6H2. The summed E-state index contributed by atoms with van der Waals surface area (Å²) in [6.45, 7) is 2.01. The van der Waals surface area contributed by atoms with Crippen molar-refractivity contribution in [3.63, 3.8) is 0 Å². The molecule has 3 nitrogen and oxygen atoms in total. The van der Waals surface area contributed by atoms with Crippen molar-refractivity contribution in [3.05, 3.63) is 23.2 Å². The Kier molecular flexibility index (Phi) is 2.22. The van der Waals surface area contributed by atoms with Crippen LogP contribution in [-0.2, 0) is 0 Å². The number of rotatable bonds is 1. The normalized spacial score (nSPS) is 28.3. The maximum absolute atomic E-state index is 5.88. The van der Waals surface area contributed by atoms with Crippen LogP contribution in [0.3, 0.4) is 0 Å². The van der Waals surface area contributed by atoms with Crippen LogP contribution in [0.5, 0.6) is 11.5 Å². The Morgan fingerprint density at radius 3 is 2.93 bits per heavy atom. The van der Waals surface area contributed by atoms with E-state index >= 15 is 0 Å². The van der Waals surface area contributed by atoms with Gasteiger partial charge in [0.2, 0.25) is 6.29 Å². The molecule has 4 heteroatoms. The number of benzene rings is 1. The average Bonchev–Trinajstić information content (AvgIpc) is 2.84. The van der Waals surface area contributed by atoms with E-state index < -0.39 is 0 Å². The number of ether oxygens (including phenoxy) is 2. The number of hydrogen-bond acceptors (Lipinski definition) is 3. The third kappa shape index (κ3) is 1.66. The highest BCUT2D eigenvalue weighted by Gasteiger charge is 2.33. The lowest BCUT2D eigenvalue weighted by molar-refractivity contribution is 0.00320. The summed E-state index contributed by atoms with van der Waals surface area (Å²) in [7, 11) is 0. The fraction of sp³-hybridized carbons (Fsp3) is 0.455. The third-order valence-electron chi connectivity index (χ3n) is 2.88.